The molecule has 1 aliphatic heterocycles. The van der Waals surface area contributed by atoms with E-state index < -0.39 is 0 Å². The summed E-state index contributed by atoms with van der Waals surface area (Å²) in [7, 11) is 0. The van der Waals surface area contributed by atoms with Crippen molar-refractivity contribution in [2.75, 3.05) is 26.3 Å². The third-order valence-corrected chi connectivity index (χ3v) is 3.23. The van der Waals surface area contributed by atoms with Crippen LogP contribution in [0.25, 0.3) is 0 Å². The van der Waals surface area contributed by atoms with Crippen LogP contribution in [0.1, 0.15) is 29.4 Å². The molecular formula is C12H19N3O2. The van der Waals surface area contributed by atoms with E-state index in [0.717, 1.165) is 38.4 Å². The number of aryl methyl sites for hydroxylation is 1. The Labute approximate surface area is 101 Å². The van der Waals surface area contributed by atoms with E-state index in [2.05, 4.69) is 10.2 Å². The van der Waals surface area contributed by atoms with Gasteiger partial charge in [-0.15, -0.1) is 0 Å². The van der Waals surface area contributed by atoms with E-state index in [1.54, 1.807) is 6.20 Å². The first-order valence-corrected chi connectivity index (χ1v) is 6.09. The van der Waals surface area contributed by atoms with Gasteiger partial charge in [0, 0.05) is 31.3 Å². The fourth-order valence-corrected chi connectivity index (χ4v) is 2.13. The molecule has 0 radical (unpaired) electrons. The minimum Gasteiger partial charge on any atom is -0.381 e. The second-order valence-corrected chi connectivity index (χ2v) is 4.48. The predicted molar refractivity (Wildman–Crippen MR) is 63.8 cm³/mol. The van der Waals surface area contributed by atoms with E-state index in [1.807, 2.05) is 18.7 Å². The second kappa shape index (κ2) is 5.31. The van der Waals surface area contributed by atoms with E-state index in [0.29, 0.717) is 11.5 Å². The van der Waals surface area contributed by atoms with Crippen LogP contribution < -0.4 is 0 Å². The van der Waals surface area contributed by atoms with Crippen LogP contribution in [0.3, 0.4) is 0 Å². The Morgan fingerprint density at radius 3 is 3.06 bits per heavy atom. The molecular weight excluding hydrogens is 218 g/mol. The Kier molecular flexibility index (Phi) is 3.78. The van der Waals surface area contributed by atoms with Crippen LogP contribution >= 0.6 is 0 Å². The molecule has 1 aromatic rings. The number of carbonyl (C=O) groups excluding carboxylic acids is 1. The highest BCUT2D eigenvalue weighted by molar-refractivity contribution is 5.95. The summed E-state index contributed by atoms with van der Waals surface area (Å²) in [4.78, 5) is 14.1. The summed E-state index contributed by atoms with van der Waals surface area (Å²) in [6, 6.07) is 0. The van der Waals surface area contributed by atoms with Crippen LogP contribution in [0.2, 0.25) is 0 Å². The molecule has 1 fully saturated rings. The minimum atomic E-state index is 0.0608. The van der Waals surface area contributed by atoms with Crippen LogP contribution in [0.5, 0.6) is 0 Å². The van der Waals surface area contributed by atoms with Gasteiger partial charge in [0.15, 0.2) is 0 Å². The van der Waals surface area contributed by atoms with Crippen LogP contribution in [0, 0.1) is 12.8 Å². The van der Waals surface area contributed by atoms with Gasteiger partial charge >= 0.3 is 0 Å². The molecule has 1 atom stereocenters. The lowest BCUT2D eigenvalue weighted by Gasteiger charge is -2.23. The zero-order valence-corrected chi connectivity index (χ0v) is 10.4. The molecule has 1 saturated heterocycles. The molecule has 94 valence electrons. The van der Waals surface area contributed by atoms with Gasteiger partial charge in [-0.3, -0.25) is 9.89 Å². The number of hydrogen-bond acceptors (Lipinski definition) is 3. The topological polar surface area (TPSA) is 58.2 Å². The highest BCUT2D eigenvalue weighted by Gasteiger charge is 2.23. The molecule has 1 aromatic heterocycles. The van der Waals surface area contributed by atoms with Gasteiger partial charge in [-0.2, -0.15) is 5.10 Å². The smallest absolute Gasteiger partial charge is 0.257 e. The van der Waals surface area contributed by atoms with E-state index in [9.17, 15) is 4.79 Å². The van der Waals surface area contributed by atoms with E-state index in [1.165, 1.54) is 0 Å². The summed E-state index contributed by atoms with van der Waals surface area (Å²) in [6.07, 6.45) is 2.65. The third kappa shape index (κ3) is 2.66. The first-order valence-electron chi connectivity index (χ1n) is 6.09. The van der Waals surface area contributed by atoms with Crippen molar-refractivity contribution >= 4 is 5.91 Å². The average molecular weight is 237 g/mol. The molecule has 2 rings (SSSR count). The maximum absolute atomic E-state index is 12.3. The molecule has 0 aliphatic carbocycles. The molecule has 1 amide bonds. The Hall–Kier alpha value is -1.36. The fraction of sp³-hybridized carbons (Fsp3) is 0.667. The summed E-state index contributed by atoms with van der Waals surface area (Å²) in [5, 5.41) is 6.69. The van der Waals surface area contributed by atoms with Gasteiger partial charge in [-0.25, -0.2) is 0 Å². The quantitative estimate of drug-likeness (QED) is 0.856. The SMILES string of the molecule is CCN(CC1CCOC1)C(=O)c1cn[nH]c1C. The van der Waals surface area contributed by atoms with E-state index >= 15 is 0 Å². The molecule has 0 bridgehead atoms. The largest absolute Gasteiger partial charge is 0.381 e. The molecule has 17 heavy (non-hydrogen) atoms. The summed E-state index contributed by atoms with van der Waals surface area (Å²) in [5.74, 6) is 0.539. The standard InChI is InChI=1S/C12H19N3O2/c1-3-15(7-10-4-5-17-8-10)12(16)11-6-13-14-9(11)2/h6,10H,3-5,7-8H2,1-2H3,(H,13,14). The number of H-pyrrole nitrogens is 1. The highest BCUT2D eigenvalue weighted by Crippen LogP contribution is 2.16. The van der Waals surface area contributed by atoms with Crippen molar-refractivity contribution < 1.29 is 9.53 Å². The second-order valence-electron chi connectivity index (χ2n) is 4.48. The first-order chi connectivity index (χ1) is 8.22. The molecule has 0 aromatic carbocycles. The zero-order valence-electron chi connectivity index (χ0n) is 10.4. The molecule has 2 heterocycles. The number of carbonyl (C=O) groups is 1. The lowest BCUT2D eigenvalue weighted by atomic mass is 10.1. The number of aromatic nitrogens is 2. The lowest BCUT2D eigenvalue weighted by Crippen LogP contribution is -2.35. The molecule has 1 unspecified atom stereocenters. The highest BCUT2D eigenvalue weighted by atomic mass is 16.5. The van der Waals surface area contributed by atoms with E-state index in [-0.39, 0.29) is 5.91 Å². The summed E-state index contributed by atoms with van der Waals surface area (Å²) in [6.45, 7) is 6.96. The minimum absolute atomic E-state index is 0.0608. The number of ether oxygens (including phenoxy) is 1. The molecule has 1 N–H and O–H groups in total. The van der Waals surface area contributed by atoms with Gasteiger partial charge in [0.1, 0.15) is 0 Å². The molecule has 0 spiro atoms. The van der Waals surface area contributed by atoms with E-state index in [4.69, 9.17) is 4.74 Å². The molecule has 5 nitrogen and oxygen atoms in total. The van der Waals surface area contributed by atoms with Crippen LogP contribution in [-0.2, 0) is 4.74 Å². The zero-order chi connectivity index (χ0) is 12.3. The van der Waals surface area contributed by atoms with Crippen LogP contribution in [-0.4, -0.2) is 47.3 Å². The lowest BCUT2D eigenvalue weighted by molar-refractivity contribution is 0.0730. The van der Waals surface area contributed by atoms with Crippen molar-refractivity contribution in [1.29, 1.82) is 0 Å². The molecule has 1 aliphatic rings. The van der Waals surface area contributed by atoms with Crippen molar-refractivity contribution in [2.45, 2.75) is 20.3 Å². The van der Waals surface area contributed by atoms with Crippen molar-refractivity contribution in [2.24, 2.45) is 5.92 Å². The summed E-state index contributed by atoms with van der Waals surface area (Å²) in [5.41, 5.74) is 1.50. The Morgan fingerprint density at radius 1 is 1.71 bits per heavy atom. The Morgan fingerprint density at radius 2 is 2.53 bits per heavy atom. The number of hydrogen-bond donors (Lipinski definition) is 1. The van der Waals surface area contributed by atoms with Gasteiger partial charge in [-0.1, -0.05) is 0 Å². The summed E-state index contributed by atoms with van der Waals surface area (Å²) < 4.78 is 5.34. The van der Waals surface area contributed by atoms with Crippen LogP contribution in [0.4, 0.5) is 0 Å². The van der Waals surface area contributed by atoms with Gasteiger partial charge in [0.25, 0.3) is 5.91 Å². The predicted octanol–water partition coefficient (Wildman–Crippen LogP) is 1.22. The summed E-state index contributed by atoms with van der Waals surface area (Å²) >= 11 is 0. The van der Waals surface area contributed by atoms with Gasteiger partial charge in [-0.05, 0) is 20.3 Å². The Bertz CT molecular complexity index is 383. The van der Waals surface area contributed by atoms with Crippen molar-refractivity contribution in [1.82, 2.24) is 15.1 Å². The van der Waals surface area contributed by atoms with Crippen molar-refractivity contribution in [3.05, 3.63) is 17.5 Å². The monoisotopic (exact) mass is 237 g/mol. The fourth-order valence-electron chi connectivity index (χ4n) is 2.13. The maximum Gasteiger partial charge on any atom is 0.257 e. The number of nitrogens with one attached hydrogen (secondary N) is 1. The number of amides is 1. The van der Waals surface area contributed by atoms with Crippen molar-refractivity contribution in [3.63, 3.8) is 0 Å². The third-order valence-electron chi connectivity index (χ3n) is 3.23. The first kappa shape index (κ1) is 12.1. The number of rotatable bonds is 4. The normalized spacial score (nSPS) is 19.5. The molecule has 5 heteroatoms. The number of nitrogens with zero attached hydrogens (tertiary/aromatic N) is 2. The van der Waals surface area contributed by atoms with Crippen LogP contribution in [0.15, 0.2) is 6.20 Å². The van der Waals surface area contributed by atoms with Gasteiger partial charge in [0.05, 0.1) is 18.4 Å². The van der Waals surface area contributed by atoms with Crippen molar-refractivity contribution in [3.8, 4) is 0 Å². The number of aromatic amines is 1. The van der Waals surface area contributed by atoms with Gasteiger partial charge in [0.2, 0.25) is 0 Å². The average Bonchev–Trinajstić information content (AvgIpc) is 2.96. The maximum atomic E-state index is 12.3. The van der Waals surface area contributed by atoms with Gasteiger partial charge < -0.3 is 9.64 Å². The molecule has 0 saturated carbocycles. The Balaban J connectivity index is 2.02.